The van der Waals surface area contributed by atoms with E-state index in [2.05, 4.69) is 19.5 Å². The summed E-state index contributed by atoms with van der Waals surface area (Å²) in [5.41, 5.74) is 0. The lowest BCUT2D eigenvalue weighted by Gasteiger charge is -1.97. The molecule has 0 saturated heterocycles. The van der Waals surface area contributed by atoms with Crippen LogP contribution in [0.4, 0.5) is 4.39 Å². The van der Waals surface area contributed by atoms with Gasteiger partial charge < -0.3 is 0 Å². The first-order valence-electron chi connectivity index (χ1n) is 2.87. The van der Waals surface area contributed by atoms with Crippen molar-refractivity contribution in [3.8, 4) is 0 Å². The molecular formula is C6H4BrFO3S. The molecule has 0 heterocycles. The van der Waals surface area contributed by atoms with Gasteiger partial charge in [0.15, 0.2) is 0 Å². The normalized spacial score (nSPS) is 11.5. The number of benzene rings is 1. The summed E-state index contributed by atoms with van der Waals surface area (Å²) in [4.78, 5) is -0.0965. The van der Waals surface area contributed by atoms with Crippen molar-refractivity contribution in [1.29, 1.82) is 0 Å². The predicted octanol–water partition coefficient (Wildman–Crippen LogP) is 1.84. The number of hydrogen-bond donors (Lipinski definition) is 0. The smallest absolute Gasteiger partial charge is 0.207 e. The lowest BCUT2D eigenvalue weighted by molar-refractivity contribution is 0.526. The van der Waals surface area contributed by atoms with E-state index in [9.17, 15) is 12.8 Å². The van der Waals surface area contributed by atoms with Crippen molar-refractivity contribution in [1.82, 2.24) is 0 Å². The summed E-state index contributed by atoms with van der Waals surface area (Å²) in [5.74, 6) is -0.497. The molecule has 0 aliphatic rings. The molecule has 0 aliphatic carbocycles. The van der Waals surface area contributed by atoms with Gasteiger partial charge >= 0.3 is 10.1 Å². The molecule has 0 saturated carbocycles. The van der Waals surface area contributed by atoms with Gasteiger partial charge in [-0.1, -0.05) is 0 Å². The van der Waals surface area contributed by atoms with Crippen LogP contribution in [0.25, 0.3) is 0 Å². The van der Waals surface area contributed by atoms with Crippen LogP contribution in [0.5, 0.6) is 0 Å². The minimum absolute atomic E-state index is 0.0965. The molecule has 0 atom stereocenters. The molecule has 0 N–H and O–H groups in total. The van der Waals surface area contributed by atoms with Crippen molar-refractivity contribution >= 4 is 26.4 Å². The molecule has 3 nitrogen and oxygen atoms in total. The third kappa shape index (κ3) is 2.02. The van der Waals surface area contributed by atoms with E-state index in [1.54, 1.807) is 0 Å². The summed E-state index contributed by atoms with van der Waals surface area (Å²) in [6, 6.07) is 4.32. The minimum Gasteiger partial charge on any atom is -0.207 e. The third-order valence-corrected chi connectivity index (χ3v) is 3.24. The first kappa shape index (κ1) is 9.63. The molecule has 12 heavy (non-hydrogen) atoms. The van der Waals surface area contributed by atoms with Crippen LogP contribution in [0, 0.1) is 5.82 Å². The van der Waals surface area contributed by atoms with Gasteiger partial charge in [0.05, 0.1) is 4.90 Å². The Morgan fingerprint density at radius 2 is 1.75 bits per heavy atom. The van der Waals surface area contributed by atoms with E-state index in [0.717, 1.165) is 24.3 Å². The highest BCUT2D eigenvalue weighted by molar-refractivity contribution is 9.06. The Labute approximate surface area is 77.7 Å². The Morgan fingerprint density at radius 1 is 1.25 bits per heavy atom. The molecular weight excluding hydrogens is 251 g/mol. The fourth-order valence-electron chi connectivity index (χ4n) is 0.638. The van der Waals surface area contributed by atoms with E-state index < -0.39 is 15.9 Å². The second kappa shape index (κ2) is 3.51. The van der Waals surface area contributed by atoms with Crippen LogP contribution < -0.4 is 0 Å². The largest absolute Gasteiger partial charge is 0.307 e. The minimum atomic E-state index is -3.76. The van der Waals surface area contributed by atoms with Crippen molar-refractivity contribution in [3.63, 3.8) is 0 Å². The molecule has 0 unspecified atom stereocenters. The Kier molecular flexibility index (Phi) is 2.81. The van der Waals surface area contributed by atoms with Crippen LogP contribution in [-0.4, -0.2) is 8.42 Å². The van der Waals surface area contributed by atoms with E-state index in [1.165, 1.54) is 0 Å². The first-order chi connectivity index (χ1) is 5.56. The van der Waals surface area contributed by atoms with E-state index in [0.29, 0.717) is 0 Å². The summed E-state index contributed by atoms with van der Waals surface area (Å²) in [6.07, 6.45) is 0. The van der Waals surface area contributed by atoms with E-state index >= 15 is 0 Å². The molecule has 0 bridgehead atoms. The molecule has 6 heteroatoms. The quantitative estimate of drug-likeness (QED) is 0.809. The fourth-order valence-corrected chi connectivity index (χ4v) is 1.64. The molecule has 0 radical (unpaired) electrons. The maximum Gasteiger partial charge on any atom is 0.307 e. The molecule has 1 aromatic carbocycles. The predicted molar refractivity (Wildman–Crippen MR) is 43.6 cm³/mol. The zero-order valence-electron chi connectivity index (χ0n) is 5.70. The second-order valence-electron chi connectivity index (χ2n) is 1.97. The highest BCUT2D eigenvalue weighted by atomic mass is 79.9. The highest BCUT2D eigenvalue weighted by Gasteiger charge is 2.12. The van der Waals surface area contributed by atoms with Gasteiger partial charge in [-0.3, -0.25) is 0 Å². The van der Waals surface area contributed by atoms with Crippen molar-refractivity contribution in [2.45, 2.75) is 4.90 Å². The standard InChI is InChI=1S/C6H4BrFO3S/c7-11-12(9,10)6-3-1-5(8)2-4-6/h1-4H. The van der Waals surface area contributed by atoms with Gasteiger partial charge in [-0.2, -0.15) is 11.7 Å². The van der Waals surface area contributed by atoms with Gasteiger partial charge in [0.25, 0.3) is 0 Å². The van der Waals surface area contributed by atoms with Crippen molar-refractivity contribution in [2.24, 2.45) is 0 Å². The molecule has 1 rings (SSSR count). The van der Waals surface area contributed by atoms with Crippen LogP contribution >= 0.6 is 16.3 Å². The number of halogens is 2. The Morgan fingerprint density at radius 3 is 2.17 bits per heavy atom. The van der Waals surface area contributed by atoms with Crippen LogP contribution in [0.1, 0.15) is 0 Å². The molecule has 0 amide bonds. The van der Waals surface area contributed by atoms with Gasteiger partial charge in [0.1, 0.15) is 22.1 Å². The Hall–Kier alpha value is -0.460. The average molecular weight is 255 g/mol. The zero-order chi connectivity index (χ0) is 9.19. The lowest BCUT2D eigenvalue weighted by Crippen LogP contribution is -1.98. The van der Waals surface area contributed by atoms with Gasteiger partial charge in [-0.05, 0) is 24.3 Å². The first-order valence-corrected chi connectivity index (χ1v) is 4.92. The van der Waals surface area contributed by atoms with Crippen LogP contribution in [-0.2, 0) is 13.4 Å². The van der Waals surface area contributed by atoms with Gasteiger partial charge in [0, 0.05) is 0 Å². The van der Waals surface area contributed by atoms with Gasteiger partial charge in [0.2, 0.25) is 0 Å². The van der Waals surface area contributed by atoms with E-state index in [1.807, 2.05) is 0 Å². The third-order valence-electron chi connectivity index (χ3n) is 1.19. The maximum absolute atomic E-state index is 12.3. The maximum atomic E-state index is 12.3. The fraction of sp³-hybridized carbons (Fsp3) is 0. The highest BCUT2D eigenvalue weighted by Crippen LogP contribution is 2.14. The van der Waals surface area contributed by atoms with E-state index in [4.69, 9.17) is 0 Å². The van der Waals surface area contributed by atoms with Crippen molar-refractivity contribution < 1.29 is 16.1 Å². The summed E-state index contributed by atoms with van der Waals surface area (Å²) in [6.45, 7) is 0. The summed E-state index contributed by atoms with van der Waals surface area (Å²) >= 11 is 2.34. The zero-order valence-corrected chi connectivity index (χ0v) is 8.10. The van der Waals surface area contributed by atoms with Crippen LogP contribution in [0.15, 0.2) is 29.2 Å². The molecule has 0 aromatic heterocycles. The van der Waals surface area contributed by atoms with Gasteiger partial charge in [-0.25, -0.2) is 4.39 Å². The van der Waals surface area contributed by atoms with Crippen LogP contribution in [0.3, 0.4) is 0 Å². The molecule has 0 fully saturated rings. The SMILES string of the molecule is O=S(=O)(OBr)c1ccc(F)cc1. The van der Waals surface area contributed by atoms with Crippen molar-refractivity contribution in [3.05, 3.63) is 30.1 Å². The summed E-state index contributed by atoms with van der Waals surface area (Å²) < 4.78 is 38.2. The lowest BCUT2D eigenvalue weighted by atomic mass is 10.4. The molecule has 66 valence electrons. The second-order valence-corrected chi connectivity index (χ2v) is 4.27. The Bertz CT molecular complexity index is 359. The summed E-state index contributed by atoms with van der Waals surface area (Å²) in [7, 11) is -3.76. The topological polar surface area (TPSA) is 43.4 Å². The average Bonchev–Trinajstić information content (AvgIpc) is 2.05. The molecule has 0 aliphatic heterocycles. The number of rotatable bonds is 2. The van der Waals surface area contributed by atoms with Crippen molar-refractivity contribution in [2.75, 3.05) is 0 Å². The van der Waals surface area contributed by atoms with E-state index in [-0.39, 0.29) is 4.90 Å². The number of hydrogen-bond acceptors (Lipinski definition) is 3. The van der Waals surface area contributed by atoms with Gasteiger partial charge in [-0.15, -0.1) is 0 Å². The summed E-state index contributed by atoms with van der Waals surface area (Å²) in [5, 5.41) is 0. The molecule has 1 aromatic rings. The monoisotopic (exact) mass is 254 g/mol. The Balaban J connectivity index is 3.14. The van der Waals surface area contributed by atoms with Crippen LogP contribution in [0.2, 0.25) is 0 Å². The molecule has 0 spiro atoms.